The minimum absolute atomic E-state index is 0.200. The number of nitrogens with two attached hydrogens (primary N) is 1. The average molecular weight is 379 g/mol. The number of anilines is 1. The van der Waals surface area contributed by atoms with E-state index in [2.05, 4.69) is 36.1 Å². The van der Waals surface area contributed by atoms with Gasteiger partial charge in [0.2, 0.25) is 5.91 Å². The fraction of sp³-hybridized carbons (Fsp3) is 0.364. The second-order valence-electron chi connectivity index (χ2n) is 8.00. The lowest BCUT2D eigenvalue weighted by atomic mass is 9.89. The largest absolute Gasteiger partial charge is 0.342 e. The lowest BCUT2D eigenvalue weighted by Gasteiger charge is -2.30. The van der Waals surface area contributed by atoms with E-state index in [1.807, 2.05) is 12.1 Å². The molecule has 1 aromatic heterocycles. The second kappa shape index (κ2) is 8.44. The van der Waals surface area contributed by atoms with Gasteiger partial charge in [-0.25, -0.2) is 9.88 Å². The zero-order valence-electron chi connectivity index (χ0n) is 16.6. The topological polar surface area (TPSA) is 79.2 Å². The summed E-state index contributed by atoms with van der Waals surface area (Å²) in [4.78, 5) is 35.9. The number of aliphatic imine (C=N–C) groups is 1. The summed E-state index contributed by atoms with van der Waals surface area (Å²) in [6.45, 7) is 8.16. The van der Waals surface area contributed by atoms with Gasteiger partial charge in [-0.3, -0.25) is 14.6 Å². The highest BCUT2D eigenvalue weighted by Gasteiger charge is 2.39. The summed E-state index contributed by atoms with van der Waals surface area (Å²) in [6.07, 6.45) is 4.19. The predicted molar refractivity (Wildman–Crippen MR) is 110 cm³/mol. The van der Waals surface area contributed by atoms with Crippen LogP contribution < -0.4 is 10.2 Å². The Balaban J connectivity index is 1.79. The van der Waals surface area contributed by atoms with Gasteiger partial charge in [0.1, 0.15) is 5.82 Å². The standard InChI is InChI=1S/C22H26N4O2/c1-22(2,3)25-14-8-12-23-15-18-16-9-4-5-10-17(16)20(27)26(21(18)28)19-11-6-7-13-24-19/h4-7,9-11,13,15,18,25H,8,12,14H2,1-3H3/p+1. The van der Waals surface area contributed by atoms with E-state index < -0.39 is 5.92 Å². The summed E-state index contributed by atoms with van der Waals surface area (Å²) < 4.78 is 0. The maximum absolute atomic E-state index is 13.1. The lowest BCUT2D eigenvalue weighted by Crippen LogP contribution is -2.94. The van der Waals surface area contributed by atoms with Crippen molar-refractivity contribution in [2.45, 2.75) is 38.6 Å². The summed E-state index contributed by atoms with van der Waals surface area (Å²) in [5.74, 6) is -0.899. The highest BCUT2D eigenvalue weighted by molar-refractivity contribution is 6.28. The number of quaternary nitrogens is 1. The van der Waals surface area contributed by atoms with Gasteiger partial charge >= 0.3 is 0 Å². The van der Waals surface area contributed by atoms with Crippen LogP contribution in [0.4, 0.5) is 5.82 Å². The molecule has 3 rings (SSSR count). The molecule has 1 aromatic carbocycles. The number of nitrogens with zero attached hydrogens (tertiary/aromatic N) is 3. The molecule has 0 spiro atoms. The van der Waals surface area contributed by atoms with Gasteiger partial charge in [0.15, 0.2) is 0 Å². The van der Waals surface area contributed by atoms with E-state index in [0.717, 1.165) is 17.9 Å². The molecule has 28 heavy (non-hydrogen) atoms. The highest BCUT2D eigenvalue weighted by Crippen LogP contribution is 2.30. The minimum Gasteiger partial charge on any atom is -0.342 e. The predicted octanol–water partition coefficient (Wildman–Crippen LogP) is 2.17. The summed E-state index contributed by atoms with van der Waals surface area (Å²) in [5, 5.41) is 2.28. The van der Waals surface area contributed by atoms with Gasteiger partial charge in [0.25, 0.3) is 5.91 Å². The van der Waals surface area contributed by atoms with Gasteiger partial charge in [-0.1, -0.05) is 24.3 Å². The Morgan fingerprint density at radius 2 is 1.89 bits per heavy atom. The van der Waals surface area contributed by atoms with E-state index in [0.29, 0.717) is 23.5 Å². The maximum Gasteiger partial charge on any atom is 0.266 e. The van der Waals surface area contributed by atoms with Gasteiger partial charge in [-0.15, -0.1) is 0 Å². The van der Waals surface area contributed by atoms with Crippen LogP contribution in [0.1, 0.15) is 49.0 Å². The van der Waals surface area contributed by atoms with Crippen LogP contribution in [0.15, 0.2) is 53.7 Å². The molecule has 0 aliphatic carbocycles. The minimum atomic E-state index is -0.581. The SMILES string of the molecule is CC(C)(C)[NH2+]CCCN=CC1C(=O)N(c2ccccn2)C(=O)c2ccccc21. The molecule has 0 saturated carbocycles. The van der Waals surface area contributed by atoms with Gasteiger partial charge in [0.05, 0.1) is 18.0 Å². The molecule has 2 amide bonds. The van der Waals surface area contributed by atoms with Crippen LogP contribution in [0.2, 0.25) is 0 Å². The average Bonchev–Trinajstić information content (AvgIpc) is 2.67. The lowest BCUT2D eigenvalue weighted by molar-refractivity contribution is -0.716. The van der Waals surface area contributed by atoms with E-state index >= 15 is 0 Å². The van der Waals surface area contributed by atoms with Gasteiger partial charge in [-0.05, 0) is 44.5 Å². The fourth-order valence-corrected chi connectivity index (χ4v) is 3.20. The van der Waals surface area contributed by atoms with E-state index in [-0.39, 0.29) is 17.4 Å². The Kier molecular flexibility index (Phi) is 5.99. The number of amides is 2. The molecule has 0 bridgehead atoms. The molecule has 1 aliphatic rings. The van der Waals surface area contributed by atoms with Crippen molar-refractivity contribution in [1.29, 1.82) is 0 Å². The molecular formula is C22H27N4O2+. The zero-order chi connectivity index (χ0) is 20.1. The van der Waals surface area contributed by atoms with Crippen molar-refractivity contribution >= 4 is 23.8 Å². The molecule has 2 N–H and O–H groups in total. The number of carbonyl (C=O) groups is 2. The first-order valence-electron chi connectivity index (χ1n) is 9.61. The Morgan fingerprint density at radius 1 is 1.14 bits per heavy atom. The molecule has 2 aromatic rings. The smallest absolute Gasteiger partial charge is 0.266 e. The normalized spacial score (nSPS) is 17.2. The zero-order valence-corrected chi connectivity index (χ0v) is 16.6. The van der Waals surface area contributed by atoms with Crippen LogP contribution in [0.5, 0.6) is 0 Å². The highest BCUT2D eigenvalue weighted by atomic mass is 16.2. The number of rotatable bonds is 6. The van der Waals surface area contributed by atoms with Crippen LogP contribution in [0, 0.1) is 0 Å². The Morgan fingerprint density at radius 3 is 2.61 bits per heavy atom. The number of imide groups is 1. The Hall–Kier alpha value is -2.86. The molecule has 146 valence electrons. The summed E-state index contributed by atoms with van der Waals surface area (Å²) in [7, 11) is 0. The molecular weight excluding hydrogens is 352 g/mol. The van der Waals surface area contributed by atoms with Gasteiger partial charge < -0.3 is 5.32 Å². The maximum atomic E-state index is 13.1. The molecule has 2 heterocycles. The van der Waals surface area contributed by atoms with E-state index in [1.165, 1.54) is 0 Å². The first-order chi connectivity index (χ1) is 13.4. The van der Waals surface area contributed by atoms with Gasteiger partial charge in [0, 0.05) is 30.9 Å². The second-order valence-corrected chi connectivity index (χ2v) is 8.00. The van der Waals surface area contributed by atoms with E-state index in [9.17, 15) is 9.59 Å². The summed E-state index contributed by atoms with van der Waals surface area (Å²) in [6, 6.07) is 12.4. The third-order valence-corrected chi connectivity index (χ3v) is 4.60. The van der Waals surface area contributed by atoms with Crippen LogP contribution in [0.25, 0.3) is 0 Å². The van der Waals surface area contributed by atoms with Crippen molar-refractivity contribution in [2.24, 2.45) is 4.99 Å². The molecule has 6 heteroatoms. The van der Waals surface area contributed by atoms with Crippen molar-refractivity contribution < 1.29 is 14.9 Å². The number of aromatic nitrogens is 1. The number of hydrogen-bond acceptors (Lipinski definition) is 4. The number of fused-ring (bicyclic) bond motifs is 1. The molecule has 0 radical (unpaired) electrons. The van der Waals surface area contributed by atoms with E-state index in [1.54, 1.807) is 42.7 Å². The van der Waals surface area contributed by atoms with Gasteiger partial charge in [-0.2, -0.15) is 0 Å². The molecule has 1 atom stereocenters. The van der Waals surface area contributed by atoms with Crippen molar-refractivity contribution in [1.82, 2.24) is 4.98 Å². The number of hydrogen-bond donors (Lipinski definition) is 1. The first kappa shape index (κ1) is 19.9. The van der Waals surface area contributed by atoms with Crippen LogP contribution >= 0.6 is 0 Å². The Bertz CT molecular complexity index is 872. The van der Waals surface area contributed by atoms with Crippen LogP contribution in [0.3, 0.4) is 0 Å². The fourth-order valence-electron chi connectivity index (χ4n) is 3.20. The molecule has 1 unspecified atom stereocenters. The number of benzene rings is 1. The monoisotopic (exact) mass is 379 g/mol. The number of pyridine rings is 1. The van der Waals surface area contributed by atoms with Crippen molar-refractivity contribution in [3.05, 3.63) is 59.8 Å². The quantitative estimate of drug-likeness (QED) is 0.475. The van der Waals surface area contributed by atoms with Crippen LogP contribution in [-0.2, 0) is 4.79 Å². The van der Waals surface area contributed by atoms with Crippen molar-refractivity contribution in [2.75, 3.05) is 18.0 Å². The van der Waals surface area contributed by atoms with Crippen molar-refractivity contribution in [3.8, 4) is 0 Å². The first-order valence-corrected chi connectivity index (χ1v) is 9.61. The van der Waals surface area contributed by atoms with Crippen molar-refractivity contribution in [3.63, 3.8) is 0 Å². The Labute approximate surface area is 165 Å². The van der Waals surface area contributed by atoms with E-state index in [4.69, 9.17) is 0 Å². The molecule has 0 fully saturated rings. The molecule has 0 saturated heterocycles. The molecule has 1 aliphatic heterocycles. The van der Waals surface area contributed by atoms with Crippen LogP contribution in [-0.4, -0.2) is 41.6 Å². The third-order valence-electron chi connectivity index (χ3n) is 4.60. The third kappa shape index (κ3) is 4.51. The summed E-state index contributed by atoms with van der Waals surface area (Å²) in [5.41, 5.74) is 1.42. The molecule has 6 nitrogen and oxygen atoms in total. The summed E-state index contributed by atoms with van der Waals surface area (Å²) >= 11 is 0. The number of carbonyl (C=O) groups excluding carboxylic acids is 2.